The van der Waals surface area contributed by atoms with E-state index in [1.807, 2.05) is 0 Å². The highest BCUT2D eigenvalue weighted by atomic mass is 79.9. The van der Waals surface area contributed by atoms with Gasteiger partial charge in [-0.15, -0.1) is 16.7 Å². The van der Waals surface area contributed by atoms with Crippen LogP contribution in [-0.2, 0) is 5.88 Å². The van der Waals surface area contributed by atoms with Gasteiger partial charge in [0.15, 0.2) is 0 Å². The van der Waals surface area contributed by atoms with Gasteiger partial charge in [0, 0.05) is 6.07 Å². The first-order chi connectivity index (χ1) is 7.63. The molecule has 0 unspecified atom stereocenters. The van der Waals surface area contributed by atoms with Gasteiger partial charge in [-0.3, -0.25) is 0 Å². The quantitative estimate of drug-likeness (QED) is 0.630. The number of aromatic nitrogens is 3. The molecule has 0 bridgehead atoms. The van der Waals surface area contributed by atoms with Crippen LogP contribution >= 0.6 is 27.5 Å². The fourth-order valence-electron chi connectivity index (χ4n) is 1.22. The summed E-state index contributed by atoms with van der Waals surface area (Å²) < 4.78 is 28.1. The molecule has 84 valence electrons. The number of hydrogen-bond donors (Lipinski definition) is 0. The van der Waals surface area contributed by atoms with Gasteiger partial charge in [-0.05, 0) is 22.0 Å². The monoisotopic (exact) mass is 307 g/mol. The molecule has 2 rings (SSSR count). The predicted molar refractivity (Wildman–Crippen MR) is 58.5 cm³/mol. The number of benzene rings is 1. The second-order valence-corrected chi connectivity index (χ2v) is 4.11. The minimum Gasteiger partial charge on any atom is -0.213 e. The number of nitrogens with zero attached hydrogens (tertiary/aromatic N) is 3. The molecule has 0 aliphatic rings. The minimum atomic E-state index is -0.606. The minimum absolute atomic E-state index is 0.0196. The van der Waals surface area contributed by atoms with Crippen LogP contribution in [0.2, 0.25) is 0 Å². The average molecular weight is 309 g/mol. The van der Waals surface area contributed by atoms with Gasteiger partial charge in [-0.25, -0.2) is 13.5 Å². The van der Waals surface area contributed by atoms with Crippen molar-refractivity contribution in [2.75, 3.05) is 0 Å². The Bertz CT molecular complexity index is 529. The van der Waals surface area contributed by atoms with E-state index in [1.165, 1.54) is 6.20 Å². The molecule has 0 aliphatic heterocycles. The molecular formula is C9H5BrClF2N3. The van der Waals surface area contributed by atoms with Gasteiger partial charge in [0.1, 0.15) is 17.3 Å². The summed E-state index contributed by atoms with van der Waals surface area (Å²) in [6.45, 7) is 0. The Morgan fingerprint density at radius 2 is 2.06 bits per heavy atom. The van der Waals surface area contributed by atoms with Crippen molar-refractivity contribution in [2.24, 2.45) is 0 Å². The van der Waals surface area contributed by atoms with Crippen LogP contribution in [0.3, 0.4) is 0 Å². The van der Waals surface area contributed by atoms with E-state index in [2.05, 4.69) is 26.2 Å². The largest absolute Gasteiger partial charge is 0.213 e. The van der Waals surface area contributed by atoms with Crippen LogP contribution in [-0.4, -0.2) is 15.0 Å². The maximum absolute atomic E-state index is 13.6. The van der Waals surface area contributed by atoms with Crippen molar-refractivity contribution in [3.8, 4) is 5.69 Å². The second-order valence-electron chi connectivity index (χ2n) is 2.99. The van der Waals surface area contributed by atoms with Crippen LogP contribution in [0.15, 0.2) is 22.8 Å². The number of alkyl halides is 1. The van der Waals surface area contributed by atoms with Gasteiger partial charge in [0.2, 0.25) is 0 Å². The lowest BCUT2D eigenvalue weighted by molar-refractivity contribution is 0.577. The lowest BCUT2D eigenvalue weighted by atomic mass is 10.3. The summed E-state index contributed by atoms with van der Waals surface area (Å²) in [6.07, 6.45) is 1.40. The molecule has 16 heavy (non-hydrogen) atoms. The summed E-state index contributed by atoms with van der Waals surface area (Å²) in [5, 5.41) is 7.24. The molecule has 0 fully saturated rings. The van der Waals surface area contributed by atoms with E-state index in [1.54, 1.807) is 0 Å². The van der Waals surface area contributed by atoms with E-state index in [0.29, 0.717) is 5.69 Å². The third-order valence-corrected chi connectivity index (χ3v) is 2.86. The van der Waals surface area contributed by atoms with Crippen molar-refractivity contribution in [1.29, 1.82) is 0 Å². The first-order valence-corrected chi connectivity index (χ1v) is 5.56. The third kappa shape index (κ3) is 1.94. The fourth-order valence-corrected chi connectivity index (χ4v) is 1.72. The highest BCUT2D eigenvalue weighted by molar-refractivity contribution is 9.10. The number of hydrogen-bond acceptors (Lipinski definition) is 2. The Kier molecular flexibility index (Phi) is 3.20. The molecule has 1 aromatic carbocycles. The van der Waals surface area contributed by atoms with Crippen LogP contribution < -0.4 is 0 Å². The van der Waals surface area contributed by atoms with Crippen molar-refractivity contribution in [1.82, 2.24) is 15.0 Å². The summed E-state index contributed by atoms with van der Waals surface area (Å²) in [4.78, 5) is 0. The zero-order chi connectivity index (χ0) is 11.7. The predicted octanol–water partition coefficient (Wildman–Crippen LogP) is 3.05. The van der Waals surface area contributed by atoms with Crippen molar-refractivity contribution in [3.63, 3.8) is 0 Å². The zero-order valence-corrected chi connectivity index (χ0v) is 10.1. The van der Waals surface area contributed by atoms with Gasteiger partial charge in [-0.1, -0.05) is 5.21 Å². The Hall–Kier alpha value is -1.01. The SMILES string of the molecule is Fc1cc(-n2nncc2CCl)c(F)cc1Br. The molecule has 1 aromatic heterocycles. The lowest BCUT2D eigenvalue weighted by Gasteiger charge is -2.06. The maximum Gasteiger partial charge on any atom is 0.150 e. The average Bonchev–Trinajstić information content (AvgIpc) is 2.71. The standard InChI is InChI=1S/C9H5BrClF2N3/c10-6-1-8(13)9(2-7(6)12)16-5(3-11)4-14-15-16/h1-2,4H,3H2. The first kappa shape index (κ1) is 11.5. The van der Waals surface area contributed by atoms with Gasteiger partial charge in [-0.2, -0.15) is 0 Å². The zero-order valence-electron chi connectivity index (χ0n) is 7.79. The summed E-state index contributed by atoms with van der Waals surface area (Å²) in [6, 6.07) is 2.06. The summed E-state index contributed by atoms with van der Waals surface area (Å²) >= 11 is 8.51. The van der Waals surface area contributed by atoms with Gasteiger partial charge in [0.25, 0.3) is 0 Å². The van der Waals surface area contributed by atoms with Crippen molar-refractivity contribution < 1.29 is 8.78 Å². The van der Waals surface area contributed by atoms with E-state index >= 15 is 0 Å². The summed E-state index contributed by atoms with van der Waals surface area (Å²) in [5.74, 6) is -1.07. The number of halogens is 4. The van der Waals surface area contributed by atoms with Crippen molar-refractivity contribution in [3.05, 3.63) is 40.1 Å². The number of rotatable bonds is 2. The van der Waals surface area contributed by atoms with Crippen LogP contribution in [0.4, 0.5) is 8.78 Å². The maximum atomic E-state index is 13.6. The molecule has 0 atom stereocenters. The molecule has 7 heteroatoms. The van der Waals surface area contributed by atoms with E-state index in [0.717, 1.165) is 16.8 Å². The molecular weight excluding hydrogens is 303 g/mol. The van der Waals surface area contributed by atoms with E-state index in [9.17, 15) is 8.78 Å². The topological polar surface area (TPSA) is 30.7 Å². The molecule has 0 amide bonds. The van der Waals surface area contributed by atoms with E-state index in [-0.39, 0.29) is 16.0 Å². The van der Waals surface area contributed by atoms with Crippen molar-refractivity contribution in [2.45, 2.75) is 5.88 Å². The Balaban J connectivity index is 2.60. The second kappa shape index (κ2) is 4.47. The molecule has 2 aromatic rings. The Morgan fingerprint density at radius 3 is 2.75 bits per heavy atom. The van der Waals surface area contributed by atoms with E-state index in [4.69, 9.17) is 11.6 Å². The molecule has 0 N–H and O–H groups in total. The first-order valence-electron chi connectivity index (χ1n) is 4.24. The van der Waals surface area contributed by atoms with Crippen LogP contribution in [0, 0.1) is 11.6 Å². The summed E-state index contributed by atoms with van der Waals surface area (Å²) in [5.41, 5.74) is 0.469. The smallest absolute Gasteiger partial charge is 0.150 e. The van der Waals surface area contributed by atoms with Gasteiger partial charge < -0.3 is 0 Å². The Morgan fingerprint density at radius 1 is 1.31 bits per heavy atom. The van der Waals surface area contributed by atoms with E-state index < -0.39 is 11.6 Å². The summed E-state index contributed by atoms with van der Waals surface area (Å²) in [7, 11) is 0. The van der Waals surface area contributed by atoms with Crippen molar-refractivity contribution >= 4 is 27.5 Å². The molecule has 0 saturated carbocycles. The Labute approximate surface area is 103 Å². The highest BCUT2D eigenvalue weighted by Crippen LogP contribution is 2.23. The highest BCUT2D eigenvalue weighted by Gasteiger charge is 2.13. The molecule has 3 nitrogen and oxygen atoms in total. The molecule has 0 saturated heterocycles. The lowest BCUT2D eigenvalue weighted by Crippen LogP contribution is -2.04. The van der Waals surface area contributed by atoms with Crippen LogP contribution in [0.1, 0.15) is 5.69 Å². The molecule has 0 radical (unpaired) electrons. The van der Waals surface area contributed by atoms with Crippen LogP contribution in [0.5, 0.6) is 0 Å². The fraction of sp³-hybridized carbons (Fsp3) is 0.111. The molecule has 0 spiro atoms. The normalized spacial score (nSPS) is 10.8. The molecule has 1 heterocycles. The molecule has 0 aliphatic carbocycles. The van der Waals surface area contributed by atoms with Gasteiger partial charge >= 0.3 is 0 Å². The van der Waals surface area contributed by atoms with Crippen LogP contribution in [0.25, 0.3) is 5.69 Å². The third-order valence-electron chi connectivity index (χ3n) is 1.97. The van der Waals surface area contributed by atoms with Gasteiger partial charge in [0.05, 0.1) is 22.2 Å².